The normalized spacial score (nSPS) is 12.2. The first-order valence-electron chi connectivity index (χ1n) is 22.6. The van der Waals surface area contributed by atoms with Crippen LogP contribution < -0.4 is 30.4 Å². The maximum Gasteiger partial charge on any atom is 0.426 e. The van der Waals surface area contributed by atoms with Crippen LogP contribution in [0.1, 0.15) is 59.1 Å². The molecule has 0 aromatic heterocycles. The Labute approximate surface area is 426 Å². The van der Waals surface area contributed by atoms with E-state index in [0.29, 0.717) is 56.9 Å². The lowest BCUT2D eigenvalue weighted by atomic mass is 9.95. The van der Waals surface area contributed by atoms with Crippen molar-refractivity contribution < 1.29 is 90.7 Å². The highest BCUT2D eigenvalue weighted by Gasteiger charge is 2.37. The van der Waals surface area contributed by atoms with Crippen LogP contribution in [0.15, 0.2) is 133 Å². The number of esters is 2. The predicted molar refractivity (Wildman–Crippen MR) is 255 cm³/mol. The first-order valence-corrected chi connectivity index (χ1v) is 22.6. The number of carbonyl (C=O) groups excluding carboxylic acids is 2. The molecule has 6 aromatic carbocycles. The average molecular weight is 1080 g/mol. The van der Waals surface area contributed by atoms with Gasteiger partial charge in [-0.3, -0.25) is 0 Å². The van der Waals surface area contributed by atoms with Crippen LogP contribution in [-0.2, 0) is 44.5 Å². The van der Waals surface area contributed by atoms with Crippen molar-refractivity contribution in [3.63, 3.8) is 0 Å². The Bertz CT molecular complexity index is 2810. The molecule has 0 amide bonds. The minimum absolute atomic E-state index is 0.181. The summed E-state index contributed by atoms with van der Waals surface area (Å²) in [6.45, 7) is -1.38. The summed E-state index contributed by atoms with van der Waals surface area (Å²) in [6, 6.07) is 23.7. The fraction of sp³-hybridized carbons (Fsp3) is 0.222. The number of benzene rings is 6. The maximum atomic E-state index is 15.0. The number of alkyl halides is 10. The quantitative estimate of drug-likeness (QED) is 0.0209. The van der Waals surface area contributed by atoms with Gasteiger partial charge in [0.25, 0.3) is 0 Å². The molecule has 0 spiro atoms. The lowest BCUT2D eigenvalue weighted by Crippen LogP contribution is -2.22. The Morgan fingerprint density at radius 2 is 0.842 bits per heavy atom. The molecule has 6 rings (SSSR count). The molecule has 0 heterocycles. The highest BCUT2D eigenvalue weighted by Crippen LogP contribution is 2.37. The largest absolute Gasteiger partial charge is 0.493 e. The van der Waals surface area contributed by atoms with Crippen molar-refractivity contribution in [1.82, 2.24) is 0 Å². The zero-order chi connectivity index (χ0) is 55.3. The molecule has 0 atom stereocenters. The van der Waals surface area contributed by atoms with E-state index in [2.05, 4.69) is 9.47 Å². The maximum absolute atomic E-state index is 15.0. The van der Waals surface area contributed by atoms with E-state index in [-0.39, 0.29) is 37.9 Å². The summed E-state index contributed by atoms with van der Waals surface area (Å²) in [4.78, 5) is 25.7. The number of ether oxygens (including phenoxy) is 6. The van der Waals surface area contributed by atoms with Crippen LogP contribution in [-0.4, -0.2) is 37.5 Å². The van der Waals surface area contributed by atoms with E-state index in [1.54, 1.807) is 36.4 Å². The van der Waals surface area contributed by atoms with Gasteiger partial charge in [-0.15, -0.1) is 0 Å². The molecular formula is C54H44F12N2O8. The summed E-state index contributed by atoms with van der Waals surface area (Å²) >= 11 is 0. The van der Waals surface area contributed by atoms with Crippen LogP contribution in [0.25, 0.3) is 23.3 Å². The Morgan fingerprint density at radius 3 is 1.18 bits per heavy atom. The van der Waals surface area contributed by atoms with Crippen molar-refractivity contribution in [3.8, 4) is 34.1 Å². The summed E-state index contributed by atoms with van der Waals surface area (Å²) in [5.41, 5.74) is 13.9. The molecule has 4 N–H and O–H groups in total. The molecule has 0 saturated heterocycles. The molecule has 0 aliphatic rings. The number of nitrogen functional groups attached to an aromatic ring is 2. The lowest BCUT2D eigenvalue weighted by molar-refractivity contribution is -0.187. The Kier molecular flexibility index (Phi) is 18.6. The molecule has 0 fully saturated rings. The van der Waals surface area contributed by atoms with E-state index in [1.165, 1.54) is 36.4 Å². The molecule has 76 heavy (non-hydrogen) atoms. The topological polar surface area (TPSA) is 142 Å². The van der Waals surface area contributed by atoms with E-state index >= 15 is 17.6 Å². The third-order valence-electron chi connectivity index (χ3n) is 10.6. The zero-order valence-electron chi connectivity index (χ0n) is 39.5. The van der Waals surface area contributed by atoms with Gasteiger partial charge in [-0.25, -0.2) is 18.4 Å². The van der Waals surface area contributed by atoms with Gasteiger partial charge in [0.1, 0.15) is 24.7 Å². The van der Waals surface area contributed by atoms with Crippen molar-refractivity contribution in [2.75, 3.05) is 24.7 Å². The number of carbonyl (C=O) groups is 2. The molecule has 0 aliphatic carbocycles. The van der Waals surface area contributed by atoms with Gasteiger partial charge in [0, 0.05) is 48.5 Å². The number of rotatable bonds is 23. The van der Waals surface area contributed by atoms with Gasteiger partial charge in [-0.05, 0) is 131 Å². The van der Waals surface area contributed by atoms with Crippen molar-refractivity contribution >= 4 is 35.5 Å². The van der Waals surface area contributed by atoms with Gasteiger partial charge in [0.05, 0.1) is 24.3 Å². The monoisotopic (exact) mass is 1080 g/mol. The van der Waals surface area contributed by atoms with Crippen LogP contribution in [0.4, 0.5) is 64.1 Å². The van der Waals surface area contributed by atoms with E-state index in [4.69, 9.17) is 30.4 Å². The number of hydrogen-bond donors (Lipinski definition) is 2. The lowest BCUT2D eigenvalue weighted by Gasteiger charge is -2.19. The van der Waals surface area contributed by atoms with Crippen molar-refractivity contribution in [1.29, 1.82) is 0 Å². The molecule has 10 nitrogen and oxygen atoms in total. The summed E-state index contributed by atoms with van der Waals surface area (Å²) in [5.74, 6) is -6.20. The number of halogens is 12. The zero-order valence-corrected chi connectivity index (χ0v) is 39.5. The second-order valence-electron chi connectivity index (χ2n) is 16.5. The van der Waals surface area contributed by atoms with Crippen LogP contribution >= 0.6 is 0 Å². The van der Waals surface area contributed by atoms with Gasteiger partial charge in [0.2, 0.25) is 0 Å². The second kappa shape index (κ2) is 24.8. The smallest absolute Gasteiger partial charge is 0.426 e. The molecule has 6 aromatic rings. The highest BCUT2D eigenvalue weighted by molar-refractivity contribution is 5.88. The van der Waals surface area contributed by atoms with Gasteiger partial charge in [-0.1, -0.05) is 36.4 Å². The third kappa shape index (κ3) is 17.4. The predicted octanol–water partition coefficient (Wildman–Crippen LogP) is 14.0. The molecule has 0 bridgehead atoms. The average Bonchev–Trinajstić information content (AvgIpc) is 3.35. The molecular weight excluding hydrogens is 1030 g/mol. The molecule has 0 unspecified atom stereocenters. The second-order valence-corrected chi connectivity index (χ2v) is 16.5. The van der Waals surface area contributed by atoms with E-state index < -0.39 is 96.5 Å². The summed E-state index contributed by atoms with van der Waals surface area (Å²) < 4.78 is 194. The standard InChI is InChI=1S/C54H44F12N2O8/c55-45-29-41(71-25-1-23-51(57,58)59)15-19-47(45)75-53(63,64)37-9-3-33(4-10-37)7-21-49(69)73-31-35-27-39(67)13-17-43(35)44-18-14-40(68)28-36(44)32-74-50(70)22-8-34-5-11-38(12-6-34)54(65,66)76-48-20-16-42(30-46(48)56)72-26-2-24-52(60,61)62/h3-22,27-30H,1-2,23-26,31-32,67-68H2/b21-7+,22-8+. The van der Waals surface area contributed by atoms with Crippen molar-refractivity contribution in [2.45, 2.75) is 63.5 Å². The summed E-state index contributed by atoms with van der Waals surface area (Å²) in [7, 11) is 0. The van der Waals surface area contributed by atoms with Crippen molar-refractivity contribution in [2.24, 2.45) is 0 Å². The Balaban J connectivity index is 1.01. The van der Waals surface area contributed by atoms with E-state index in [1.807, 2.05) is 0 Å². The minimum Gasteiger partial charge on any atom is -0.493 e. The van der Waals surface area contributed by atoms with Crippen LogP contribution in [0.3, 0.4) is 0 Å². The Morgan fingerprint density at radius 1 is 0.474 bits per heavy atom. The number of hydrogen-bond acceptors (Lipinski definition) is 10. The van der Waals surface area contributed by atoms with E-state index in [9.17, 15) is 44.7 Å². The molecule has 22 heteroatoms. The molecule has 0 aliphatic heterocycles. The molecule has 0 saturated carbocycles. The summed E-state index contributed by atoms with van der Waals surface area (Å²) in [6.07, 6.45) is -15.2. The summed E-state index contributed by atoms with van der Waals surface area (Å²) in [5, 5.41) is 0. The molecule has 0 radical (unpaired) electrons. The van der Waals surface area contributed by atoms with Crippen molar-refractivity contribution in [3.05, 3.63) is 178 Å². The highest BCUT2D eigenvalue weighted by atomic mass is 19.4. The minimum atomic E-state index is -4.39. The number of nitrogens with two attached hydrogens (primary N) is 2. The third-order valence-corrected chi connectivity index (χ3v) is 10.6. The fourth-order valence-corrected chi connectivity index (χ4v) is 6.92. The van der Waals surface area contributed by atoms with Crippen LogP contribution in [0.2, 0.25) is 0 Å². The van der Waals surface area contributed by atoms with Gasteiger partial charge in [-0.2, -0.15) is 43.9 Å². The first-order chi connectivity index (χ1) is 35.8. The van der Waals surface area contributed by atoms with Gasteiger partial charge in [0.15, 0.2) is 23.1 Å². The number of anilines is 2. The fourth-order valence-electron chi connectivity index (χ4n) is 6.92. The van der Waals surface area contributed by atoms with E-state index in [0.717, 1.165) is 60.7 Å². The van der Waals surface area contributed by atoms with Crippen LogP contribution in [0.5, 0.6) is 23.0 Å². The Hall–Kier alpha value is -8.30. The first kappa shape index (κ1) is 57.0. The van der Waals surface area contributed by atoms with Gasteiger partial charge < -0.3 is 39.9 Å². The van der Waals surface area contributed by atoms with Gasteiger partial charge >= 0.3 is 36.5 Å². The molecule has 402 valence electrons. The SMILES string of the molecule is Nc1ccc(-c2ccc(N)cc2COC(=O)/C=C/c2ccc(C(F)(F)Oc3ccc(OCCCC(F)(F)F)cc3F)cc2)c(COC(=O)/C=C/c2ccc(C(F)(F)Oc3ccc(OCCCC(F)(F)F)cc3F)cc2)c1. The van der Waals surface area contributed by atoms with Crippen LogP contribution in [0, 0.1) is 11.6 Å².